The van der Waals surface area contributed by atoms with Gasteiger partial charge < -0.3 is 15.0 Å². The largest absolute Gasteiger partial charge is 0.396 e. The molecular formula is C11H21N3O. The highest BCUT2D eigenvalue weighted by Crippen LogP contribution is 2.02. The van der Waals surface area contributed by atoms with E-state index >= 15 is 0 Å². The minimum atomic E-state index is 0.230. The number of hydrogen-bond donors (Lipinski definition) is 2. The smallest absolute Gasteiger partial charge is 0.108 e. The van der Waals surface area contributed by atoms with Crippen molar-refractivity contribution in [2.75, 3.05) is 13.2 Å². The second-order valence-electron chi connectivity index (χ2n) is 3.62. The molecule has 0 fully saturated rings. The summed E-state index contributed by atoms with van der Waals surface area (Å²) in [5.41, 5.74) is 0. The first kappa shape index (κ1) is 12.2. The van der Waals surface area contributed by atoms with E-state index in [0.717, 1.165) is 31.8 Å². The van der Waals surface area contributed by atoms with Crippen molar-refractivity contribution in [2.24, 2.45) is 0 Å². The Morgan fingerprint density at radius 2 is 2.33 bits per heavy atom. The third-order valence-electron chi connectivity index (χ3n) is 2.51. The minimum Gasteiger partial charge on any atom is -0.396 e. The molecule has 2 N–H and O–H groups in total. The molecule has 86 valence electrons. The molecule has 1 heterocycles. The van der Waals surface area contributed by atoms with Crippen molar-refractivity contribution in [1.29, 1.82) is 0 Å². The number of aryl methyl sites for hydroxylation is 1. The average Bonchev–Trinajstić information content (AvgIpc) is 2.66. The van der Waals surface area contributed by atoms with E-state index in [0.29, 0.717) is 6.04 Å². The van der Waals surface area contributed by atoms with Crippen molar-refractivity contribution in [3.63, 3.8) is 0 Å². The van der Waals surface area contributed by atoms with E-state index in [1.54, 1.807) is 0 Å². The van der Waals surface area contributed by atoms with Crippen LogP contribution in [0.25, 0.3) is 0 Å². The fourth-order valence-corrected chi connectivity index (χ4v) is 1.76. The van der Waals surface area contributed by atoms with E-state index in [-0.39, 0.29) is 6.61 Å². The highest BCUT2D eigenvalue weighted by molar-refractivity contribution is 4.92. The van der Waals surface area contributed by atoms with E-state index in [1.165, 1.54) is 0 Å². The lowest BCUT2D eigenvalue weighted by atomic mass is 10.2. The molecule has 1 atom stereocenters. The van der Waals surface area contributed by atoms with Crippen LogP contribution in [-0.2, 0) is 13.0 Å². The zero-order chi connectivity index (χ0) is 11.1. The maximum atomic E-state index is 8.95. The molecule has 1 rings (SSSR count). The summed E-state index contributed by atoms with van der Waals surface area (Å²) in [7, 11) is 0. The number of aliphatic hydroxyl groups excluding tert-OH is 1. The zero-order valence-electron chi connectivity index (χ0n) is 9.61. The summed E-state index contributed by atoms with van der Waals surface area (Å²) in [6, 6.07) is 0.333. The molecule has 15 heavy (non-hydrogen) atoms. The molecule has 4 heteroatoms. The predicted octanol–water partition coefficient (Wildman–Crippen LogP) is 0.806. The van der Waals surface area contributed by atoms with Gasteiger partial charge in [0.15, 0.2) is 0 Å². The van der Waals surface area contributed by atoms with E-state index in [1.807, 2.05) is 12.4 Å². The molecule has 1 aromatic rings. The number of nitrogens with zero attached hydrogens (tertiary/aromatic N) is 2. The number of aliphatic hydroxyl groups is 1. The summed E-state index contributed by atoms with van der Waals surface area (Å²) in [4.78, 5) is 4.28. The summed E-state index contributed by atoms with van der Waals surface area (Å²) >= 11 is 0. The van der Waals surface area contributed by atoms with Crippen LogP contribution in [0.5, 0.6) is 0 Å². The Kier molecular flexibility index (Phi) is 5.36. The molecule has 0 radical (unpaired) electrons. The Balaban J connectivity index is 2.56. The number of aromatic nitrogens is 2. The van der Waals surface area contributed by atoms with Gasteiger partial charge >= 0.3 is 0 Å². The number of nitrogens with one attached hydrogen (secondary N) is 1. The molecule has 0 aliphatic carbocycles. The lowest BCUT2D eigenvalue weighted by Gasteiger charge is -2.18. The van der Waals surface area contributed by atoms with E-state index in [9.17, 15) is 0 Å². The van der Waals surface area contributed by atoms with Crippen molar-refractivity contribution in [1.82, 2.24) is 14.9 Å². The Labute approximate surface area is 91.3 Å². The first-order valence-electron chi connectivity index (χ1n) is 5.66. The van der Waals surface area contributed by atoms with Crippen LogP contribution >= 0.6 is 0 Å². The summed E-state index contributed by atoms with van der Waals surface area (Å²) in [6.07, 6.45) is 5.57. The summed E-state index contributed by atoms with van der Waals surface area (Å²) in [5, 5.41) is 12.3. The average molecular weight is 211 g/mol. The van der Waals surface area contributed by atoms with E-state index in [4.69, 9.17) is 5.11 Å². The second kappa shape index (κ2) is 6.58. The van der Waals surface area contributed by atoms with E-state index < -0.39 is 0 Å². The molecule has 0 bridgehead atoms. The van der Waals surface area contributed by atoms with Gasteiger partial charge in [0.2, 0.25) is 0 Å². The predicted molar refractivity (Wildman–Crippen MR) is 60.8 cm³/mol. The topological polar surface area (TPSA) is 50.1 Å². The van der Waals surface area contributed by atoms with Crippen LogP contribution in [0.3, 0.4) is 0 Å². The second-order valence-corrected chi connectivity index (χ2v) is 3.62. The lowest BCUT2D eigenvalue weighted by molar-refractivity contribution is 0.257. The van der Waals surface area contributed by atoms with Gasteiger partial charge in [-0.2, -0.15) is 0 Å². The normalized spacial score (nSPS) is 13.0. The maximum Gasteiger partial charge on any atom is 0.108 e. The Hall–Kier alpha value is -0.870. The van der Waals surface area contributed by atoms with Gasteiger partial charge in [-0.05, 0) is 13.0 Å². The molecule has 0 saturated heterocycles. The molecule has 4 nitrogen and oxygen atoms in total. The third-order valence-corrected chi connectivity index (χ3v) is 2.51. The molecule has 0 aromatic carbocycles. The highest BCUT2D eigenvalue weighted by atomic mass is 16.3. The van der Waals surface area contributed by atoms with Gasteiger partial charge in [-0.25, -0.2) is 4.98 Å². The van der Waals surface area contributed by atoms with Gasteiger partial charge in [0.1, 0.15) is 5.82 Å². The highest BCUT2D eigenvalue weighted by Gasteiger charge is 2.09. The van der Waals surface area contributed by atoms with Crippen LogP contribution in [0.15, 0.2) is 12.4 Å². The fraction of sp³-hybridized carbons (Fsp3) is 0.727. The summed E-state index contributed by atoms with van der Waals surface area (Å²) < 4.78 is 2.16. The van der Waals surface area contributed by atoms with Gasteiger partial charge in [-0.1, -0.05) is 13.8 Å². The number of hydrogen-bond acceptors (Lipinski definition) is 3. The van der Waals surface area contributed by atoms with Gasteiger partial charge in [0.05, 0.1) is 0 Å². The van der Waals surface area contributed by atoms with Crippen molar-refractivity contribution in [3.05, 3.63) is 18.2 Å². The molecule has 1 unspecified atom stereocenters. The molecule has 0 aliphatic rings. The van der Waals surface area contributed by atoms with E-state index in [2.05, 4.69) is 28.7 Å². The quantitative estimate of drug-likeness (QED) is 0.701. The van der Waals surface area contributed by atoms with Crippen LogP contribution in [0, 0.1) is 0 Å². The first-order valence-corrected chi connectivity index (χ1v) is 5.66. The molecular weight excluding hydrogens is 190 g/mol. The first-order chi connectivity index (χ1) is 7.31. The monoisotopic (exact) mass is 211 g/mol. The Bertz CT molecular complexity index is 267. The van der Waals surface area contributed by atoms with Crippen LogP contribution in [0.1, 0.15) is 26.1 Å². The van der Waals surface area contributed by atoms with Crippen molar-refractivity contribution >= 4 is 0 Å². The zero-order valence-corrected chi connectivity index (χ0v) is 9.61. The van der Waals surface area contributed by atoms with Crippen LogP contribution in [0.2, 0.25) is 0 Å². The van der Waals surface area contributed by atoms with Gasteiger partial charge in [-0.15, -0.1) is 0 Å². The molecule has 0 saturated carbocycles. The van der Waals surface area contributed by atoms with Crippen LogP contribution < -0.4 is 5.32 Å². The number of rotatable bonds is 7. The van der Waals surface area contributed by atoms with Crippen molar-refractivity contribution in [3.8, 4) is 0 Å². The fourth-order valence-electron chi connectivity index (χ4n) is 1.76. The summed E-state index contributed by atoms with van der Waals surface area (Å²) in [6.45, 7) is 6.23. The SMILES string of the molecule is CCNC(CCO)Cn1ccnc1CC. The van der Waals surface area contributed by atoms with Crippen molar-refractivity contribution < 1.29 is 5.11 Å². The Morgan fingerprint density at radius 1 is 1.53 bits per heavy atom. The number of imidazole rings is 1. The molecule has 0 amide bonds. The standard InChI is InChI=1S/C11H21N3O/c1-3-11-13-6-7-14(11)9-10(5-8-15)12-4-2/h6-7,10,12,15H,3-5,8-9H2,1-2H3. The van der Waals surface area contributed by atoms with Gasteiger partial charge in [-0.3, -0.25) is 0 Å². The molecule has 0 spiro atoms. The summed E-state index contributed by atoms with van der Waals surface area (Å²) in [5.74, 6) is 1.11. The van der Waals surface area contributed by atoms with Gasteiger partial charge in [0.25, 0.3) is 0 Å². The van der Waals surface area contributed by atoms with Crippen molar-refractivity contribution in [2.45, 2.75) is 39.3 Å². The number of likely N-dealkylation sites (N-methyl/N-ethyl adjacent to an activating group) is 1. The van der Waals surface area contributed by atoms with Crippen LogP contribution in [-0.4, -0.2) is 33.9 Å². The Morgan fingerprint density at radius 3 is 2.93 bits per heavy atom. The van der Waals surface area contributed by atoms with Crippen LogP contribution in [0.4, 0.5) is 0 Å². The molecule has 1 aromatic heterocycles. The minimum absolute atomic E-state index is 0.230. The van der Waals surface area contributed by atoms with Gasteiger partial charge in [0, 0.05) is 38.0 Å². The third kappa shape index (κ3) is 3.64. The maximum absolute atomic E-state index is 8.95. The molecule has 0 aliphatic heterocycles. The lowest BCUT2D eigenvalue weighted by Crippen LogP contribution is -2.34.